The zero-order chi connectivity index (χ0) is 31.9. The first-order chi connectivity index (χ1) is 23.8. The lowest BCUT2D eigenvalue weighted by Gasteiger charge is -2.12. The van der Waals surface area contributed by atoms with Crippen LogP contribution in [-0.4, -0.2) is 9.97 Å². The number of fused-ring (bicyclic) bond motifs is 4. The molecule has 0 atom stereocenters. The molecule has 0 saturated carbocycles. The van der Waals surface area contributed by atoms with E-state index in [1.54, 1.807) is 0 Å². The van der Waals surface area contributed by atoms with Crippen LogP contribution >= 0.6 is 0 Å². The Morgan fingerprint density at radius 3 is 1.46 bits per heavy atom. The first-order valence-electron chi connectivity index (χ1n) is 16.3. The molecule has 0 unspecified atom stereocenters. The summed E-state index contributed by atoms with van der Waals surface area (Å²) in [5.74, 6) is 0.721. The zero-order valence-corrected chi connectivity index (χ0v) is 26.2. The lowest BCUT2D eigenvalue weighted by molar-refractivity contribution is 1.23. The van der Waals surface area contributed by atoms with Crippen LogP contribution < -0.4 is 0 Å². The summed E-state index contributed by atoms with van der Waals surface area (Å²) in [4.78, 5) is 10.4. The molecule has 0 radical (unpaired) electrons. The van der Waals surface area contributed by atoms with E-state index in [0.29, 0.717) is 0 Å². The van der Waals surface area contributed by atoms with Crippen molar-refractivity contribution >= 4 is 32.4 Å². The molecule has 0 N–H and O–H groups in total. The maximum absolute atomic E-state index is 5.21. The van der Waals surface area contributed by atoms with Gasteiger partial charge >= 0.3 is 0 Å². The third kappa shape index (κ3) is 5.10. The molecule has 2 nitrogen and oxygen atoms in total. The van der Waals surface area contributed by atoms with Crippen LogP contribution in [0.5, 0.6) is 0 Å². The average Bonchev–Trinajstić information content (AvgIpc) is 3.17. The van der Waals surface area contributed by atoms with Crippen LogP contribution in [0.25, 0.3) is 88.5 Å². The number of rotatable bonds is 5. The van der Waals surface area contributed by atoms with Crippen molar-refractivity contribution in [3.8, 4) is 56.0 Å². The van der Waals surface area contributed by atoms with Crippen LogP contribution in [0.1, 0.15) is 0 Å². The van der Waals surface area contributed by atoms with Gasteiger partial charge in [0.15, 0.2) is 5.82 Å². The molecule has 0 aliphatic heterocycles. The molecule has 0 saturated heterocycles. The normalized spacial score (nSPS) is 11.3. The molecule has 0 aliphatic rings. The number of aromatic nitrogens is 2. The number of hydrogen-bond donors (Lipinski definition) is 0. The van der Waals surface area contributed by atoms with Gasteiger partial charge in [-0.25, -0.2) is 9.97 Å². The molecule has 48 heavy (non-hydrogen) atoms. The smallest absolute Gasteiger partial charge is 0.160 e. The molecule has 0 bridgehead atoms. The summed E-state index contributed by atoms with van der Waals surface area (Å²) in [6.07, 6.45) is 0. The number of hydrogen-bond acceptors (Lipinski definition) is 2. The van der Waals surface area contributed by atoms with Gasteiger partial charge in [0.1, 0.15) is 0 Å². The van der Waals surface area contributed by atoms with Gasteiger partial charge in [0, 0.05) is 21.9 Å². The van der Waals surface area contributed by atoms with E-state index in [1.165, 1.54) is 38.4 Å². The largest absolute Gasteiger partial charge is 0.227 e. The van der Waals surface area contributed by atoms with E-state index in [0.717, 1.165) is 50.1 Å². The maximum atomic E-state index is 5.21. The Balaban J connectivity index is 1.12. The Kier molecular flexibility index (Phi) is 6.84. The number of benzene rings is 8. The van der Waals surface area contributed by atoms with E-state index in [9.17, 15) is 0 Å². The Morgan fingerprint density at radius 1 is 0.271 bits per heavy atom. The first-order valence-corrected chi connectivity index (χ1v) is 16.3. The van der Waals surface area contributed by atoms with E-state index in [1.807, 2.05) is 6.07 Å². The highest BCUT2D eigenvalue weighted by Gasteiger charge is 2.14. The van der Waals surface area contributed by atoms with Crippen molar-refractivity contribution < 1.29 is 0 Å². The SMILES string of the molecule is c1ccc(-c2nc(-c3cccc(-c4cccc(-c5cccc(-c6ccc7ccccc7c6)c5)c4)c3)nc3c2ccc2ccccc23)cc1. The minimum atomic E-state index is 0.721. The molecular formula is C46H30N2. The molecule has 0 spiro atoms. The van der Waals surface area contributed by atoms with Gasteiger partial charge in [-0.05, 0) is 79.9 Å². The van der Waals surface area contributed by atoms with Gasteiger partial charge in [-0.3, -0.25) is 0 Å². The fourth-order valence-corrected chi connectivity index (χ4v) is 6.77. The van der Waals surface area contributed by atoms with Crippen molar-refractivity contribution in [2.24, 2.45) is 0 Å². The quantitative estimate of drug-likeness (QED) is 0.181. The summed E-state index contributed by atoms with van der Waals surface area (Å²) in [6.45, 7) is 0. The van der Waals surface area contributed by atoms with Crippen molar-refractivity contribution in [2.45, 2.75) is 0 Å². The lowest BCUT2D eigenvalue weighted by atomic mass is 9.95. The first kappa shape index (κ1) is 27.9. The second kappa shape index (κ2) is 11.8. The molecule has 8 aromatic carbocycles. The molecule has 0 amide bonds. The van der Waals surface area contributed by atoms with Crippen LogP contribution in [0, 0.1) is 0 Å². The molecule has 2 heteroatoms. The van der Waals surface area contributed by atoms with Crippen LogP contribution in [0.3, 0.4) is 0 Å². The highest BCUT2D eigenvalue weighted by atomic mass is 14.9. The highest BCUT2D eigenvalue weighted by molar-refractivity contribution is 6.09. The highest BCUT2D eigenvalue weighted by Crippen LogP contribution is 2.35. The Morgan fingerprint density at radius 2 is 0.771 bits per heavy atom. The molecule has 9 rings (SSSR count). The van der Waals surface area contributed by atoms with Crippen LogP contribution in [0.4, 0.5) is 0 Å². The maximum Gasteiger partial charge on any atom is 0.160 e. The van der Waals surface area contributed by atoms with Crippen LogP contribution in [0.15, 0.2) is 182 Å². The lowest BCUT2D eigenvalue weighted by Crippen LogP contribution is -1.96. The van der Waals surface area contributed by atoms with E-state index < -0.39 is 0 Å². The monoisotopic (exact) mass is 610 g/mol. The van der Waals surface area contributed by atoms with E-state index in [4.69, 9.17) is 9.97 Å². The second-order valence-corrected chi connectivity index (χ2v) is 12.2. The predicted molar refractivity (Wildman–Crippen MR) is 202 cm³/mol. The molecule has 224 valence electrons. The summed E-state index contributed by atoms with van der Waals surface area (Å²) in [6, 6.07) is 64.6. The zero-order valence-electron chi connectivity index (χ0n) is 26.2. The van der Waals surface area contributed by atoms with Crippen molar-refractivity contribution in [1.82, 2.24) is 9.97 Å². The summed E-state index contributed by atoms with van der Waals surface area (Å²) >= 11 is 0. The van der Waals surface area contributed by atoms with Gasteiger partial charge in [-0.1, -0.05) is 152 Å². The molecule has 1 aromatic heterocycles. The van der Waals surface area contributed by atoms with Gasteiger partial charge in [0.2, 0.25) is 0 Å². The summed E-state index contributed by atoms with van der Waals surface area (Å²) in [5, 5.41) is 5.86. The van der Waals surface area contributed by atoms with Crippen LogP contribution in [0.2, 0.25) is 0 Å². The Labute approximate surface area is 279 Å². The summed E-state index contributed by atoms with van der Waals surface area (Å²) in [7, 11) is 0. The fourth-order valence-electron chi connectivity index (χ4n) is 6.77. The van der Waals surface area contributed by atoms with Gasteiger partial charge in [-0.15, -0.1) is 0 Å². The number of nitrogens with zero attached hydrogens (tertiary/aromatic N) is 2. The van der Waals surface area contributed by atoms with Gasteiger partial charge in [-0.2, -0.15) is 0 Å². The standard InChI is InChI=1S/C46H30N2/c1-2-13-33(14-3-1)44-43-26-25-32-12-6-7-22-42(32)45(43)48-46(47-44)41-21-10-20-39(30-41)37-18-8-16-35(28-37)36-17-9-19-38(29-36)40-24-23-31-11-4-5-15-34(31)27-40/h1-30H. The van der Waals surface area contributed by atoms with Crippen molar-refractivity contribution in [2.75, 3.05) is 0 Å². The van der Waals surface area contributed by atoms with Gasteiger partial charge in [0.25, 0.3) is 0 Å². The minimum Gasteiger partial charge on any atom is -0.227 e. The summed E-state index contributed by atoms with van der Waals surface area (Å²) < 4.78 is 0. The Hall–Kier alpha value is -6.38. The van der Waals surface area contributed by atoms with E-state index in [-0.39, 0.29) is 0 Å². The molecule has 0 fully saturated rings. The minimum absolute atomic E-state index is 0.721. The van der Waals surface area contributed by atoms with E-state index >= 15 is 0 Å². The Bertz CT molecular complexity index is 2620. The average molecular weight is 611 g/mol. The third-order valence-electron chi connectivity index (χ3n) is 9.23. The van der Waals surface area contributed by atoms with Crippen molar-refractivity contribution in [1.29, 1.82) is 0 Å². The topological polar surface area (TPSA) is 25.8 Å². The second-order valence-electron chi connectivity index (χ2n) is 12.2. The van der Waals surface area contributed by atoms with Crippen molar-refractivity contribution in [3.63, 3.8) is 0 Å². The molecular weight excluding hydrogens is 581 g/mol. The van der Waals surface area contributed by atoms with Crippen LogP contribution in [-0.2, 0) is 0 Å². The predicted octanol–water partition coefficient (Wildman–Crippen LogP) is 12.3. The molecule has 9 aromatic rings. The van der Waals surface area contributed by atoms with E-state index in [2.05, 4.69) is 176 Å². The fraction of sp³-hybridized carbons (Fsp3) is 0. The molecule has 1 heterocycles. The van der Waals surface area contributed by atoms with Crippen molar-refractivity contribution in [3.05, 3.63) is 182 Å². The third-order valence-corrected chi connectivity index (χ3v) is 9.23. The summed E-state index contributed by atoms with van der Waals surface area (Å²) in [5.41, 5.74) is 11.1. The van der Waals surface area contributed by atoms with Gasteiger partial charge in [0.05, 0.1) is 11.2 Å². The van der Waals surface area contributed by atoms with Gasteiger partial charge < -0.3 is 0 Å². The molecule has 0 aliphatic carbocycles.